The number of carbonyl (C=O) groups excluding carboxylic acids is 1. The first-order valence-electron chi connectivity index (χ1n) is 11.1. The van der Waals surface area contributed by atoms with E-state index in [1.165, 1.54) is 45.5 Å². The van der Waals surface area contributed by atoms with Crippen molar-refractivity contribution in [2.45, 2.75) is 50.5 Å². The van der Waals surface area contributed by atoms with Gasteiger partial charge in [0.1, 0.15) is 0 Å². The predicted octanol–water partition coefficient (Wildman–Crippen LogP) is 4.38. The number of hydrogen-bond donors (Lipinski definition) is 0. The van der Waals surface area contributed by atoms with Crippen LogP contribution in [0.5, 0.6) is 0 Å². The molecule has 0 aliphatic carbocycles. The Morgan fingerprint density at radius 2 is 1.82 bits per heavy atom. The molecule has 0 radical (unpaired) electrons. The van der Waals surface area contributed by atoms with Crippen LogP contribution in [0.1, 0.15) is 54.9 Å². The first-order chi connectivity index (χ1) is 15.8. The van der Waals surface area contributed by atoms with Gasteiger partial charge >= 0.3 is 0 Å². The van der Waals surface area contributed by atoms with Crippen molar-refractivity contribution >= 4 is 37.5 Å². The summed E-state index contributed by atoms with van der Waals surface area (Å²) in [6.07, 6.45) is 8.37. The summed E-state index contributed by atoms with van der Waals surface area (Å²) >= 11 is 1.42. The Hall–Kier alpha value is -2.73. The standard InChI is InChI=1S/C25H27N3O3S2/c1-4-14-28-22-13-10-20(18(2)3)17-23(22)32-25(28)26-24(29)19-8-11-21(12-9-19)33(30,31)27-15-6-5-7-16-27/h1,8-13,17-18H,5-7,14-16H2,2-3H3. The van der Waals surface area contributed by atoms with Crippen LogP contribution in [0, 0.1) is 12.3 Å². The number of benzene rings is 2. The van der Waals surface area contributed by atoms with Crippen molar-refractivity contribution in [2.75, 3.05) is 13.1 Å². The van der Waals surface area contributed by atoms with Crippen LogP contribution in [0.25, 0.3) is 10.2 Å². The highest BCUT2D eigenvalue weighted by Gasteiger charge is 2.26. The molecule has 0 atom stereocenters. The maximum absolute atomic E-state index is 12.9. The molecule has 8 heteroatoms. The summed E-state index contributed by atoms with van der Waals surface area (Å²) in [5.74, 6) is 2.59. The van der Waals surface area contributed by atoms with E-state index in [0.29, 0.717) is 35.9 Å². The molecule has 172 valence electrons. The van der Waals surface area contributed by atoms with Gasteiger partial charge in [-0.15, -0.1) is 6.42 Å². The normalized spacial score (nSPS) is 15.8. The molecule has 0 spiro atoms. The molecule has 1 aliphatic rings. The number of carbonyl (C=O) groups is 1. The molecule has 1 amide bonds. The third-order valence-corrected chi connectivity index (χ3v) is 8.83. The zero-order valence-corrected chi connectivity index (χ0v) is 20.5. The molecular formula is C25H27N3O3S2. The van der Waals surface area contributed by atoms with E-state index in [1.807, 2.05) is 10.6 Å². The Morgan fingerprint density at radius 1 is 1.12 bits per heavy atom. The number of hydrogen-bond acceptors (Lipinski definition) is 4. The Bertz CT molecular complexity index is 1390. The molecule has 0 unspecified atom stereocenters. The number of thiazole rings is 1. The average molecular weight is 482 g/mol. The van der Waals surface area contributed by atoms with Gasteiger partial charge in [0.2, 0.25) is 10.0 Å². The van der Waals surface area contributed by atoms with Crippen LogP contribution in [0.2, 0.25) is 0 Å². The summed E-state index contributed by atoms with van der Waals surface area (Å²) in [7, 11) is -3.54. The molecule has 1 aromatic heterocycles. The Kier molecular flexibility index (Phi) is 6.84. The first kappa shape index (κ1) is 23.4. The van der Waals surface area contributed by atoms with Crippen LogP contribution >= 0.6 is 11.3 Å². The Labute approximate surface area is 198 Å². The van der Waals surface area contributed by atoms with Gasteiger partial charge in [-0.3, -0.25) is 4.79 Å². The molecule has 33 heavy (non-hydrogen) atoms. The molecule has 1 fully saturated rings. The third kappa shape index (κ3) is 4.81. The van der Waals surface area contributed by atoms with Crippen molar-refractivity contribution in [1.29, 1.82) is 0 Å². The van der Waals surface area contributed by atoms with Crippen LogP contribution in [0.3, 0.4) is 0 Å². The minimum atomic E-state index is -3.54. The number of nitrogens with zero attached hydrogens (tertiary/aromatic N) is 3. The molecule has 1 saturated heterocycles. The molecule has 4 rings (SSSR count). The quantitative estimate of drug-likeness (QED) is 0.508. The minimum Gasteiger partial charge on any atom is -0.305 e. The van der Waals surface area contributed by atoms with Crippen molar-refractivity contribution in [3.8, 4) is 12.3 Å². The van der Waals surface area contributed by atoms with Gasteiger partial charge in [0.25, 0.3) is 5.91 Å². The van der Waals surface area contributed by atoms with Gasteiger partial charge in [0, 0.05) is 18.7 Å². The second-order valence-electron chi connectivity index (χ2n) is 8.46. The van der Waals surface area contributed by atoms with Crippen LogP contribution < -0.4 is 4.80 Å². The lowest BCUT2D eigenvalue weighted by molar-refractivity contribution is 0.0998. The fourth-order valence-electron chi connectivity index (χ4n) is 3.95. The van der Waals surface area contributed by atoms with Crippen molar-refractivity contribution in [1.82, 2.24) is 8.87 Å². The molecule has 1 aliphatic heterocycles. The van der Waals surface area contributed by atoms with E-state index in [-0.39, 0.29) is 4.90 Å². The van der Waals surface area contributed by atoms with Gasteiger partial charge in [-0.25, -0.2) is 8.42 Å². The van der Waals surface area contributed by atoms with Crippen molar-refractivity contribution in [2.24, 2.45) is 4.99 Å². The van der Waals surface area contributed by atoms with Gasteiger partial charge in [0.05, 0.1) is 21.7 Å². The smallest absolute Gasteiger partial charge is 0.279 e. The zero-order valence-electron chi connectivity index (χ0n) is 18.8. The van der Waals surface area contributed by atoms with E-state index < -0.39 is 15.9 Å². The molecule has 0 N–H and O–H groups in total. The van der Waals surface area contributed by atoms with Gasteiger partial charge in [-0.1, -0.05) is 43.6 Å². The van der Waals surface area contributed by atoms with E-state index >= 15 is 0 Å². The third-order valence-electron chi connectivity index (χ3n) is 5.87. The first-order valence-corrected chi connectivity index (χ1v) is 13.3. The van der Waals surface area contributed by atoms with E-state index in [4.69, 9.17) is 6.42 Å². The lowest BCUT2D eigenvalue weighted by Gasteiger charge is -2.25. The van der Waals surface area contributed by atoms with Crippen LogP contribution in [0.4, 0.5) is 0 Å². The number of aromatic nitrogens is 1. The van der Waals surface area contributed by atoms with E-state index in [9.17, 15) is 13.2 Å². The summed E-state index contributed by atoms with van der Waals surface area (Å²) < 4.78 is 30.1. The highest BCUT2D eigenvalue weighted by atomic mass is 32.2. The van der Waals surface area contributed by atoms with Gasteiger partial charge in [-0.05, 0) is 60.7 Å². The number of fused-ring (bicyclic) bond motifs is 1. The highest BCUT2D eigenvalue weighted by Crippen LogP contribution is 2.24. The maximum Gasteiger partial charge on any atom is 0.279 e. The zero-order chi connectivity index (χ0) is 23.6. The van der Waals surface area contributed by atoms with Gasteiger partial charge < -0.3 is 4.57 Å². The number of piperidine rings is 1. The molecular weight excluding hydrogens is 454 g/mol. The van der Waals surface area contributed by atoms with Crippen LogP contribution in [-0.4, -0.2) is 36.3 Å². The molecule has 3 aromatic rings. The average Bonchev–Trinajstić information content (AvgIpc) is 3.16. The Balaban J connectivity index is 1.66. The van der Waals surface area contributed by atoms with E-state index in [1.54, 1.807) is 0 Å². The van der Waals surface area contributed by atoms with Crippen molar-refractivity contribution < 1.29 is 13.2 Å². The van der Waals surface area contributed by atoms with Crippen LogP contribution in [0.15, 0.2) is 52.4 Å². The lowest BCUT2D eigenvalue weighted by atomic mass is 10.0. The van der Waals surface area contributed by atoms with Crippen LogP contribution in [-0.2, 0) is 16.6 Å². The fraction of sp³-hybridized carbons (Fsp3) is 0.360. The fourth-order valence-corrected chi connectivity index (χ4v) is 6.55. The van der Waals surface area contributed by atoms with E-state index in [2.05, 4.69) is 36.9 Å². The van der Waals surface area contributed by atoms with Gasteiger partial charge in [0.15, 0.2) is 4.80 Å². The van der Waals surface area contributed by atoms with Crippen molar-refractivity contribution in [3.63, 3.8) is 0 Å². The monoisotopic (exact) mass is 481 g/mol. The number of amides is 1. The summed E-state index contributed by atoms with van der Waals surface area (Å²) in [6.45, 7) is 5.65. The molecule has 6 nitrogen and oxygen atoms in total. The molecule has 2 aromatic carbocycles. The predicted molar refractivity (Wildman–Crippen MR) is 132 cm³/mol. The molecule has 2 heterocycles. The summed E-state index contributed by atoms with van der Waals surface area (Å²) in [6, 6.07) is 12.2. The lowest BCUT2D eigenvalue weighted by Crippen LogP contribution is -2.35. The maximum atomic E-state index is 12.9. The summed E-state index contributed by atoms with van der Waals surface area (Å²) in [5, 5.41) is 0. The number of sulfonamides is 1. The Morgan fingerprint density at radius 3 is 2.45 bits per heavy atom. The van der Waals surface area contributed by atoms with Crippen molar-refractivity contribution in [3.05, 3.63) is 58.4 Å². The SMILES string of the molecule is C#CCn1c(=NC(=O)c2ccc(S(=O)(=O)N3CCCCC3)cc2)sc2cc(C(C)C)ccc21. The second kappa shape index (κ2) is 9.64. The topological polar surface area (TPSA) is 71.7 Å². The summed E-state index contributed by atoms with van der Waals surface area (Å²) in [4.78, 5) is 18.0. The summed E-state index contributed by atoms with van der Waals surface area (Å²) in [5.41, 5.74) is 2.48. The van der Waals surface area contributed by atoms with E-state index in [0.717, 1.165) is 29.5 Å². The largest absolute Gasteiger partial charge is 0.305 e. The highest BCUT2D eigenvalue weighted by molar-refractivity contribution is 7.89. The second-order valence-corrected chi connectivity index (χ2v) is 11.4. The molecule has 0 saturated carbocycles. The molecule has 0 bridgehead atoms. The number of rotatable bonds is 5. The van der Waals surface area contributed by atoms with Gasteiger partial charge in [-0.2, -0.15) is 9.30 Å². The number of terminal acetylenes is 1. The minimum absolute atomic E-state index is 0.200.